The third-order valence-corrected chi connectivity index (χ3v) is 17.6. The lowest BCUT2D eigenvalue weighted by Gasteiger charge is -2.36. The van der Waals surface area contributed by atoms with Gasteiger partial charge in [-0.05, 0) is 88.7 Å². The molecule has 1 aliphatic carbocycles. The number of likely N-dealkylation sites (N-methyl/N-ethyl adjacent to an activating group) is 4. The van der Waals surface area contributed by atoms with E-state index in [1.54, 1.807) is 62.3 Å². The molecule has 1 aromatic carbocycles. The quantitative estimate of drug-likeness (QED) is 0.118. The number of nitrogens with zero attached hydrogens (tertiary/aromatic N) is 7. The molecule has 7 rings (SSSR count). The van der Waals surface area contributed by atoms with Crippen molar-refractivity contribution in [1.82, 2.24) is 55.7 Å². The number of anilines is 1. The second-order valence-corrected chi connectivity index (χ2v) is 25.5. The van der Waals surface area contributed by atoms with Gasteiger partial charge >= 0.3 is 11.9 Å². The molecule has 0 saturated carbocycles. The zero-order valence-corrected chi connectivity index (χ0v) is 54.1. The fourth-order valence-corrected chi connectivity index (χ4v) is 12.2. The molecule has 10 atom stereocenters. The molecule has 0 bridgehead atoms. The van der Waals surface area contributed by atoms with E-state index in [0.29, 0.717) is 18.4 Å². The normalized spacial score (nSPS) is 26.2. The maximum Gasteiger partial charge on any atom is 0.329 e. The van der Waals surface area contributed by atoms with Crippen LogP contribution < -0.4 is 32.4 Å². The summed E-state index contributed by atoms with van der Waals surface area (Å²) in [5.41, 5.74) is 3.72. The van der Waals surface area contributed by atoms with E-state index in [-0.39, 0.29) is 53.9 Å². The number of nitrogens with one attached hydrogen (secondary N) is 4. The second kappa shape index (κ2) is 27.6. The Kier molecular flexibility index (Phi) is 21.1. The van der Waals surface area contributed by atoms with Crippen LogP contribution in [0.25, 0.3) is 22.6 Å². The molecular weight excluding hydrogens is 1170 g/mol. The summed E-state index contributed by atoms with van der Waals surface area (Å²) in [6.45, 7) is 18.4. The smallest absolute Gasteiger partial charge is 0.329 e. The zero-order chi connectivity index (χ0) is 67.0. The zero-order valence-electron chi connectivity index (χ0n) is 54.1. The largest absolute Gasteiger partial charge is 0.458 e. The summed E-state index contributed by atoms with van der Waals surface area (Å²) in [6, 6.07) is -7.96. The number of cyclic esters (lactones) is 2. The van der Waals surface area contributed by atoms with Gasteiger partial charge in [0.1, 0.15) is 77.3 Å². The van der Waals surface area contributed by atoms with E-state index < -0.39 is 191 Å². The van der Waals surface area contributed by atoms with Gasteiger partial charge in [0.2, 0.25) is 52.7 Å². The average molecular weight is 1260 g/mol. The van der Waals surface area contributed by atoms with Gasteiger partial charge in [0.05, 0.1) is 24.3 Å². The summed E-state index contributed by atoms with van der Waals surface area (Å²) >= 11 is 0. The average Bonchev–Trinajstić information content (AvgIpc) is 0.893. The van der Waals surface area contributed by atoms with E-state index in [4.69, 9.17) is 24.6 Å². The summed E-state index contributed by atoms with van der Waals surface area (Å²) < 4.78 is 18.4. The molecule has 0 aromatic heterocycles. The Bertz CT molecular complexity index is 3420. The van der Waals surface area contributed by atoms with Crippen LogP contribution in [0.3, 0.4) is 0 Å². The summed E-state index contributed by atoms with van der Waals surface area (Å²) in [4.78, 5) is 200. The lowest BCUT2D eigenvalue weighted by molar-refractivity contribution is -0.163. The first-order valence-corrected chi connectivity index (χ1v) is 30.5. The van der Waals surface area contributed by atoms with E-state index in [1.165, 1.54) is 80.7 Å². The van der Waals surface area contributed by atoms with Gasteiger partial charge in [-0.15, -0.1) is 0 Å². The maximum atomic E-state index is 15.1. The number of amides is 10. The van der Waals surface area contributed by atoms with Crippen LogP contribution in [-0.2, 0) is 57.4 Å². The minimum absolute atomic E-state index is 0.0153. The first kappa shape index (κ1) is 68.8. The third kappa shape index (κ3) is 13.7. The van der Waals surface area contributed by atoms with Crippen molar-refractivity contribution in [1.29, 1.82) is 0 Å². The fourth-order valence-electron chi connectivity index (χ4n) is 12.2. The van der Waals surface area contributed by atoms with Crippen LogP contribution >= 0.6 is 0 Å². The lowest BCUT2D eigenvalue weighted by Crippen LogP contribution is -2.61. The Morgan fingerprint density at radius 1 is 0.611 bits per heavy atom. The molecule has 1 aromatic rings. The first-order chi connectivity index (χ1) is 42.1. The molecule has 28 nitrogen and oxygen atoms in total. The van der Waals surface area contributed by atoms with Crippen LogP contribution in [0.2, 0.25) is 0 Å². The van der Waals surface area contributed by atoms with Crippen molar-refractivity contribution in [2.75, 3.05) is 60.1 Å². The number of fused-ring (bicyclic) bond motifs is 4. The number of aromatic nitrogens is 1. The van der Waals surface area contributed by atoms with Crippen molar-refractivity contribution in [3.63, 3.8) is 0 Å². The number of carbonyl (C=O) groups is 12. The molecule has 5 heterocycles. The molecule has 6 aliphatic rings. The minimum atomic E-state index is -1.91. The van der Waals surface area contributed by atoms with Crippen molar-refractivity contribution >= 4 is 87.8 Å². The first-order valence-electron chi connectivity index (χ1n) is 30.5. The molecule has 90 heavy (non-hydrogen) atoms. The predicted octanol–water partition coefficient (Wildman–Crippen LogP) is 0.726. The van der Waals surface area contributed by atoms with Crippen molar-refractivity contribution < 1.29 is 71.4 Å². The number of esters is 2. The fraction of sp³-hybridized carbons (Fsp3) is 0.613. The Morgan fingerprint density at radius 3 is 1.44 bits per heavy atom. The van der Waals surface area contributed by atoms with Gasteiger partial charge in [0, 0.05) is 46.8 Å². The molecule has 0 radical (unpaired) electrons. The highest BCUT2D eigenvalue weighted by molar-refractivity contribution is 6.09. The summed E-state index contributed by atoms with van der Waals surface area (Å²) in [7, 11) is 5.58. The van der Waals surface area contributed by atoms with Gasteiger partial charge < -0.3 is 70.3 Å². The molecular formula is C62H86N12O16. The minimum Gasteiger partial charge on any atom is -0.458 e. The SMILES string of the molecule is Cc1c2nc3c(C)ccc(C(=O)N[C@@H]4C(=O)N[C@H](C(C)C)C(=O)N5CCC[C@H]5C(=O)N(C)CC(=O)N(C)[C@@H](C(C)C)C(=O)O[C@@H]4C)c3oc-2c(C(=O)N[C@@H]2C(=O)N[C@H](C(C)C)C(=O)N3CCC[C@H]3C(=O)N(C)CC(=O)N(C)[C@@H](C(C)C)C(=O)O[C@@H]2C)c(=O)c1N. The number of ether oxygens (including phenoxy) is 2. The number of hydrogen-bond donors (Lipinski definition) is 5. The molecule has 0 spiro atoms. The van der Waals surface area contributed by atoms with Crippen LogP contribution in [0.1, 0.15) is 127 Å². The van der Waals surface area contributed by atoms with Gasteiger partial charge in [0.25, 0.3) is 11.8 Å². The summed E-state index contributed by atoms with van der Waals surface area (Å²) in [5.74, 6) is -12.8. The van der Waals surface area contributed by atoms with Crippen LogP contribution in [0.4, 0.5) is 5.69 Å². The third-order valence-electron chi connectivity index (χ3n) is 17.6. The highest BCUT2D eigenvalue weighted by atomic mass is 16.6. The van der Waals surface area contributed by atoms with E-state index in [0.717, 1.165) is 9.80 Å². The Morgan fingerprint density at radius 2 is 1.03 bits per heavy atom. The van der Waals surface area contributed by atoms with Gasteiger partial charge in [-0.2, -0.15) is 0 Å². The van der Waals surface area contributed by atoms with Crippen molar-refractivity contribution in [2.24, 2.45) is 23.7 Å². The van der Waals surface area contributed by atoms with E-state index >= 15 is 9.59 Å². The number of benzene rings is 2. The maximum absolute atomic E-state index is 15.1. The van der Waals surface area contributed by atoms with Gasteiger partial charge in [-0.25, -0.2) is 14.6 Å². The topological polar surface area (TPSA) is 360 Å². The Balaban J connectivity index is 1.32. The number of hydrogen-bond acceptors (Lipinski definition) is 18. The highest BCUT2D eigenvalue weighted by Crippen LogP contribution is 2.35. The summed E-state index contributed by atoms with van der Waals surface area (Å²) in [5, 5.41) is 10.6. The number of nitrogen functional groups attached to an aromatic ring is 1. The number of carbonyl (C=O) groups excluding carboxylic acids is 12. The molecule has 5 aliphatic heterocycles. The number of aryl methyl sites for hydroxylation is 1. The number of rotatable bonds is 8. The van der Waals surface area contributed by atoms with Crippen molar-refractivity contribution in [3.05, 3.63) is 44.6 Å². The van der Waals surface area contributed by atoms with Crippen LogP contribution in [0.15, 0.2) is 21.3 Å². The van der Waals surface area contributed by atoms with E-state index in [2.05, 4.69) is 21.3 Å². The Hall–Kier alpha value is -8.72. The monoisotopic (exact) mass is 1250 g/mol. The molecule has 10 amide bonds. The van der Waals surface area contributed by atoms with E-state index in [9.17, 15) is 52.7 Å². The lowest BCUT2D eigenvalue weighted by atomic mass is 9.98. The standard InChI is InChI=1S/C62H86N12O16/c1-27(2)42-59(84)73-23-17-19-36(73)57(82)69(13)25-38(75)71(15)48(29(5)6)61(86)88-33(11)46(55(80)65-42)67-53(78)35-22-21-31(9)44-51(35)90-52-40(50(77)41(63)32(10)45(52)64-44)54(79)68-47-34(12)89-62(87)49(30(7)8)72(16)39(76)26-70(14)58(83)37-20-18-24-74(37)60(85)43(28(3)4)66-56(47)81/h21-22,27-30,33-34,36-37,42-43,46-49H,17-20,23-26,63H2,1-16H3,(H,65,80)(H,66,81)(H,67,78)(H,68,79)/t33-,34-,36+,37+,42-,43-,46+,47+,48+,49+/m1/s1. The van der Waals surface area contributed by atoms with Gasteiger partial charge in [-0.3, -0.25) is 52.7 Å². The molecule has 6 N–H and O–H groups in total. The molecule has 0 unspecified atom stereocenters. The van der Waals surface area contributed by atoms with Crippen LogP contribution in [0, 0.1) is 37.5 Å². The van der Waals surface area contributed by atoms with E-state index in [1.807, 2.05) is 0 Å². The van der Waals surface area contributed by atoms with Crippen LogP contribution in [-0.4, -0.2) is 220 Å². The molecule has 4 saturated heterocycles. The Labute approximate surface area is 522 Å². The van der Waals surface area contributed by atoms with Crippen LogP contribution in [0.5, 0.6) is 0 Å². The molecule has 4 fully saturated rings. The second-order valence-electron chi connectivity index (χ2n) is 25.5. The van der Waals surface area contributed by atoms with Crippen molar-refractivity contribution in [3.8, 4) is 11.5 Å². The predicted molar refractivity (Wildman–Crippen MR) is 325 cm³/mol. The molecule has 28 heteroatoms. The molecule has 490 valence electrons. The number of nitrogens with two attached hydrogens (primary N) is 1. The highest BCUT2D eigenvalue weighted by Gasteiger charge is 2.46. The van der Waals surface area contributed by atoms with Crippen molar-refractivity contribution in [2.45, 2.75) is 169 Å². The summed E-state index contributed by atoms with van der Waals surface area (Å²) in [6.07, 6.45) is -1.68. The van der Waals surface area contributed by atoms with Gasteiger partial charge in [-0.1, -0.05) is 61.5 Å². The van der Waals surface area contributed by atoms with Gasteiger partial charge in [0.15, 0.2) is 11.3 Å².